The molecule has 0 aliphatic carbocycles. The summed E-state index contributed by atoms with van der Waals surface area (Å²) < 4.78 is 0.853. The van der Waals surface area contributed by atoms with Crippen LogP contribution in [0.1, 0.15) is 16.9 Å². The first-order valence-corrected chi connectivity index (χ1v) is 7.81. The van der Waals surface area contributed by atoms with Crippen LogP contribution in [0.3, 0.4) is 0 Å². The van der Waals surface area contributed by atoms with E-state index in [4.69, 9.17) is 0 Å². The molecule has 1 saturated heterocycles. The van der Waals surface area contributed by atoms with Crippen LogP contribution < -0.4 is 4.90 Å². The van der Waals surface area contributed by atoms with Gasteiger partial charge in [0.15, 0.2) is 0 Å². The molecular weight excluding hydrogens is 348 g/mol. The van der Waals surface area contributed by atoms with Crippen LogP contribution in [0.25, 0.3) is 0 Å². The predicted molar refractivity (Wildman–Crippen MR) is 84.5 cm³/mol. The number of hydrogen-bond donors (Lipinski definition) is 0. The molecule has 22 heavy (non-hydrogen) atoms. The molecule has 3 heterocycles. The first-order valence-electron chi connectivity index (χ1n) is 7.02. The molecule has 1 amide bonds. The number of aromatic nitrogens is 4. The molecule has 8 heteroatoms. The third-order valence-electron chi connectivity index (χ3n) is 3.47. The Morgan fingerprint density at radius 2 is 1.91 bits per heavy atom. The monoisotopic (exact) mass is 362 g/mol. The van der Waals surface area contributed by atoms with Gasteiger partial charge in [-0.1, -0.05) is 0 Å². The highest BCUT2D eigenvalue weighted by molar-refractivity contribution is 9.10. The maximum absolute atomic E-state index is 12.4. The van der Waals surface area contributed by atoms with Crippen molar-refractivity contribution in [1.29, 1.82) is 0 Å². The van der Waals surface area contributed by atoms with Crippen LogP contribution in [0.15, 0.2) is 35.5 Å². The topological polar surface area (TPSA) is 75.1 Å². The number of halogens is 1. The van der Waals surface area contributed by atoms with E-state index in [0.29, 0.717) is 31.3 Å². The molecule has 0 aromatic carbocycles. The van der Waals surface area contributed by atoms with Crippen molar-refractivity contribution in [2.45, 2.75) is 6.42 Å². The Bertz CT molecular complexity index is 636. The maximum atomic E-state index is 12.4. The fourth-order valence-electron chi connectivity index (χ4n) is 2.37. The van der Waals surface area contributed by atoms with Crippen LogP contribution in [-0.2, 0) is 0 Å². The SMILES string of the molecule is O=C(c1ccncn1)N1CCCN(c2ncc(Br)cn2)CC1. The van der Waals surface area contributed by atoms with Crippen LogP contribution in [0.2, 0.25) is 0 Å². The van der Waals surface area contributed by atoms with E-state index in [1.807, 2.05) is 4.90 Å². The van der Waals surface area contributed by atoms with Gasteiger partial charge in [0.1, 0.15) is 12.0 Å². The molecule has 3 rings (SSSR count). The van der Waals surface area contributed by atoms with Gasteiger partial charge in [0, 0.05) is 44.8 Å². The van der Waals surface area contributed by atoms with Crippen LogP contribution in [0.4, 0.5) is 5.95 Å². The lowest BCUT2D eigenvalue weighted by Crippen LogP contribution is -2.36. The zero-order valence-corrected chi connectivity index (χ0v) is 13.5. The number of carbonyl (C=O) groups excluding carboxylic acids is 1. The lowest BCUT2D eigenvalue weighted by atomic mass is 10.3. The van der Waals surface area contributed by atoms with Gasteiger partial charge in [0.25, 0.3) is 5.91 Å². The van der Waals surface area contributed by atoms with Gasteiger partial charge in [0.2, 0.25) is 5.95 Å². The van der Waals surface area contributed by atoms with Crippen LogP contribution in [0, 0.1) is 0 Å². The van der Waals surface area contributed by atoms with Crippen LogP contribution in [0.5, 0.6) is 0 Å². The number of rotatable bonds is 2. The van der Waals surface area contributed by atoms with Crippen LogP contribution in [-0.4, -0.2) is 56.9 Å². The minimum atomic E-state index is -0.0547. The van der Waals surface area contributed by atoms with Gasteiger partial charge in [-0.05, 0) is 28.4 Å². The summed E-state index contributed by atoms with van der Waals surface area (Å²) in [5.41, 5.74) is 0.434. The number of hydrogen-bond acceptors (Lipinski definition) is 6. The normalized spacial score (nSPS) is 15.5. The predicted octanol–water partition coefficient (Wildman–Crippen LogP) is 1.38. The van der Waals surface area contributed by atoms with E-state index in [1.165, 1.54) is 6.33 Å². The molecule has 0 atom stereocenters. The van der Waals surface area contributed by atoms with E-state index in [2.05, 4.69) is 40.8 Å². The van der Waals surface area contributed by atoms with Gasteiger partial charge in [-0.15, -0.1) is 0 Å². The highest BCUT2D eigenvalue weighted by atomic mass is 79.9. The van der Waals surface area contributed by atoms with Crippen molar-refractivity contribution >= 4 is 27.8 Å². The highest BCUT2D eigenvalue weighted by Gasteiger charge is 2.22. The Morgan fingerprint density at radius 1 is 1.09 bits per heavy atom. The minimum absolute atomic E-state index is 0.0547. The van der Waals surface area contributed by atoms with Crippen molar-refractivity contribution in [3.05, 3.63) is 41.2 Å². The summed E-state index contributed by atoms with van der Waals surface area (Å²) >= 11 is 3.33. The van der Waals surface area contributed by atoms with E-state index in [9.17, 15) is 4.79 Å². The van der Waals surface area contributed by atoms with Crippen molar-refractivity contribution in [2.75, 3.05) is 31.1 Å². The first-order chi connectivity index (χ1) is 10.7. The first kappa shape index (κ1) is 14.8. The van der Waals surface area contributed by atoms with E-state index < -0.39 is 0 Å². The molecule has 0 N–H and O–H groups in total. The summed E-state index contributed by atoms with van der Waals surface area (Å²) in [7, 11) is 0. The molecule has 7 nitrogen and oxygen atoms in total. The average molecular weight is 363 g/mol. The number of carbonyl (C=O) groups is 1. The van der Waals surface area contributed by atoms with Crippen molar-refractivity contribution in [1.82, 2.24) is 24.8 Å². The number of nitrogens with zero attached hydrogens (tertiary/aromatic N) is 6. The van der Waals surface area contributed by atoms with Crippen LogP contribution >= 0.6 is 15.9 Å². The lowest BCUT2D eigenvalue weighted by Gasteiger charge is -2.21. The molecule has 1 aliphatic rings. The summed E-state index contributed by atoms with van der Waals surface area (Å²) in [5, 5.41) is 0. The fraction of sp³-hybridized carbons (Fsp3) is 0.357. The van der Waals surface area contributed by atoms with Crippen molar-refractivity contribution in [2.24, 2.45) is 0 Å². The Kier molecular flexibility index (Phi) is 4.57. The molecule has 114 valence electrons. The van der Waals surface area contributed by atoms with Gasteiger partial charge in [-0.25, -0.2) is 19.9 Å². The minimum Gasteiger partial charge on any atom is -0.339 e. The standard InChI is InChI=1S/C14H15BrN6O/c15-11-8-17-14(18-9-11)21-5-1-4-20(6-7-21)13(22)12-2-3-16-10-19-12/h2-3,8-10H,1,4-7H2. The summed E-state index contributed by atoms with van der Waals surface area (Å²) in [6.45, 7) is 2.87. The van der Waals surface area contributed by atoms with E-state index in [1.54, 1.807) is 24.7 Å². The van der Waals surface area contributed by atoms with Crippen molar-refractivity contribution in [3.63, 3.8) is 0 Å². The fourth-order valence-corrected chi connectivity index (χ4v) is 2.57. The Balaban J connectivity index is 1.67. The Hall–Kier alpha value is -2.09. The molecule has 0 unspecified atom stereocenters. The molecule has 0 radical (unpaired) electrons. The zero-order valence-electron chi connectivity index (χ0n) is 11.9. The quantitative estimate of drug-likeness (QED) is 0.803. The summed E-state index contributed by atoms with van der Waals surface area (Å²) in [4.78, 5) is 32.8. The molecule has 2 aromatic rings. The van der Waals surface area contributed by atoms with Gasteiger partial charge in [-0.3, -0.25) is 4.79 Å². The largest absolute Gasteiger partial charge is 0.339 e. The number of amides is 1. The van der Waals surface area contributed by atoms with E-state index in [-0.39, 0.29) is 5.91 Å². The smallest absolute Gasteiger partial charge is 0.272 e. The molecule has 0 saturated carbocycles. The average Bonchev–Trinajstić information content (AvgIpc) is 2.82. The second-order valence-electron chi connectivity index (χ2n) is 4.93. The van der Waals surface area contributed by atoms with Gasteiger partial charge in [0.05, 0.1) is 4.47 Å². The third kappa shape index (κ3) is 3.38. The highest BCUT2D eigenvalue weighted by Crippen LogP contribution is 2.14. The zero-order chi connectivity index (χ0) is 15.4. The Labute approximate surface area is 136 Å². The lowest BCUT2D eigenvalue weighted by molar-refractivity contribution is 0.0761. The molecule has 0 bridgehead atoms. The molecule has 2 aromatic heterocycles. The second kappa shape index (κ2) is 6.78. The van der Waals surface area contributed by atoms with Gasteiger partial charge >= 0.3 is 0 Å². The third-order valence-corrected chi connectivity index (χ3v) is 3.88. The maximum Gasteiger partial charge on any atom is 0.272 e. The Morgan fingerprint density at radius 3 is 2.64 bits per heavy atom. The number of anilines is 1. The van der Waals surface area contributed by atoms with Gasteiger partial charge < -0.3 is 9.80 Å². The molecule has 1 aliphatic heterocycles. The summed E-state index contributed by atoms with van der Waals surface area (Å²) in [6, 6.07) is 1.64. The van der Waals surface area contributed by atoms with Crippen molar-refractivity contribution in [3.8, 4) is 0 Å². The molecule has 1 fully saturated rings. The summed E-state index contributed by atoms with van der Waals surface area (Å²) in [6.07, 6.45) is 7.32. The molecule has 0 spiro atoms. The van der Waals surface area contributed by atoms with E-state index in [0.717, 1.165) is 17.4 Å². The second-order valence-corrected chi connectivity index (χ2v) is 5.84. The molecular formula is C14H15BrN6O. The van der Waals surface area contributed by atoms with E-state index >= 15 is 0 Å². The summed E-state index contributed by atoms with van der Waals surface area (Å²) in [5.74, 6) is 0.639. The van der Waals surface area contributed by atoms with Crippen molar-refractivity contribution < 1.29 is 4.79 Å². The van der Waals surface area contributed by atoms with Gasteiger partial charge in [-0.2, -0.15) is 0 Å².